The molecule has 0 amide bonds. The molecule has 62 valence electrons. The molecule has 0 bridgehead atoms. The Bertz CT molecular complexity index is 73.7. The van der Waals surface area contributed by atoms with Gasteiger partial charge in [-0.1, -0.05) is 20.3 Å². The van der Waals surface area contributed by atoms with Crippen molar-refractivity contribution in [2.75, 3.05) is 6.54 Å². The van der Waals surface area contributed by atoms with Gasteiger partial charge in [0, 0.05) is 6.54 Å². The van der Waals surface area contributed by atoms with Gasteiger partial charge >= 0.3 is 0 Å². The molecule has 0 rings (SSSR count). The van der Waals surface area contributed by atoms with Crippen molar-refractivity contribution < 1.29 is 5.11 Å². The SMILES string of the molecule is CCC[C@H](C)CNC(C)O. The Balaban J connectivity index is 3.12. The molecule has 2 N–H and O–H groups in total. The van der Waals surface area contributed by atoms with E-state index in [4.69, 9.17) is 5.11 Å². The summed E-state index contributed by atoms with van der Waals surface area (Å²) in [6, 6.07) is 0. The zero-order valence-corrected chi connectivity index (χ0v) is 7.22. The average Bonchev–Trinajstić information content (AvgIpc) is 1.85. The van der Waals surface area contributed by atoms with E-state index in [1.54, 1.807) is 6.92 Å². The van der Waals surface area contributed by atoms with E-state index in [2.05, 4.69) is 19.2 Å². The molecule has 0 heterocycles. The maximum atomic E-state index is 8.86. The summed E-state index contributed by atoms with van der Waals surface area (Å²) in [6.07, 6.45) is 2.10. The van der Waals surface area contributed by atoms with E-state index in [0.29, 0.717) is 5.92 Å². The lowest BCUT2D eigenvalue weighted by molar-refractivity contribution is 0.150. The van der Waals surface area contributed by atoms with Gasteiger partial charge in [0.05, 0.1) is 0 Å². The first-order valence-corrected chi connectivity index (χ1v) is 4.08. The molecule has 0 aliphatic rings. The second kappa shape index (κ2) is 5.69. The minimum absolute atomic E-state index is 0.362. The van der Waals surface area contributed by atoms with Crippen LogP contribution in [0, 0.1) is 5.92 Å². The molecule has 2 heteroatoms. The van der Waals surface area contributed by atoms with E-state index in [-0.39, 0.29) is 6.23 Å². The van der Waals surface area contributed by atoms with Crippen LogP contribution in [0.4, 0.5) is 0 Å². The van der Waals surface area contributed by atoms with E-state index in [0.717, 1.165) is 6.54 Å². The monoisotopic (exact) mass is 145 g/mol. The molecule has 0 saturated heterocycles. The van der Waals surface area contributed by atoms with Crippen LogP contribution in [0.25, 0.3) is 0 Å². The zero-order chi connectivity index (χ0) is 7.98. The number of hydrogen-bond acceptors (Lipinski definition) is 2. The Kier molecular flexibility index (Phi) is 5.64. The van der Waals surface area contributed by atoms with Crippen molar-refractivity contribution in [3.8, 4) is 0 Å². The van der Waals surface area contributed by atoms with E-state index in [9.17, 15) is 0 Å². The first-order valence-electron chi connectivity index (χ1n) is 4.08. The van der Waals surface area contributed by atoms with Gasteiger partial charge in [-0.15, -0.1) is 0 Å². The Morgan fingerprint density at radius 3 is 2.40 bits per heavy atom. The molecule has 0 radical (unpaired) electrons. The minimum Gasteiger partial charge on any atom is -0.379 e. The molecule has 0 aromatic heterocycles. The van der Waals surface area contributed by atoms with Crippen molar-refractivity contribution in [2.45, 2.75) is 39.8 Å². The van der Waals surface area contributed by atoms with Gasteiger partial charge in [0.25, 0.3) is 0 Å². The van der Waals surface area contributed by atoms with E-state index < -0.39 is 0 Å². The Morgan fingerprint density at radius 2 is 2.00 bits per heavy atom. The van der Waals surface area contributed by atoms with Crippen molar-refractivity contribution in [2.24, 2.45) is 5.92 Å². The van der Waals surface area contributed by atoms with Crippen LogP contribution in [-0.4, -0.2) is 17.9 Å². The van der Waals surface area contributed by atoms with E-state index in [1.807, 2.05) is 0 Å². The maximum Gasteiger partial charge on any atom is 0.102 e. The molecule has 2 nitrogen and oxygen atoms in total. The molecule has 0 aromatic carbocycles. The Morgan fingerprint density at radius 1 is 1.40 bits per heavy atom. The summed E-state index contributed by atoms with van der Waals surface area (Å²) in [7, 11) is 0. The highest BCUT2D eigenvalue weighted by molar-refractivity contribution is 4.55. The zero-order valence-electron chi connectivity index (χ0n) is 7.22. The van der Waals surface area contributed by atoms with Crippen LogP contribution in [0.1, 0.15) is 33.6 Å². The van der Waals surface area contributed by atoms with Gasteiger partial charge in [0.1, 0.15) is 6.23 Å². The van der Waals surface area contributed by atoms with Crippen LogP contribution in [0.2, 0.25) is 0 Å². The number of hydrogen-bond donors (Lipinski definition) is 2. The van der Waals surface area contributed by atoms with Crippen LogP contribution in [0.3, 0.4) is 0 Å². The molecule has 0 aliphatic heterocycles. The lowest BCUT2D eigenvalue weighted by atomic mass is 10.1. The molecular formula is C8H19NO. The molecule has 0 spiro atoms. The van der Waals surface area contributed by atoms with Gasteiger partial charge in [0.2, 0.25) is 0 Å². The lowest BCUT2D eigenvalue weighted by Crippen LogP contribution is -2.29. The highest BCUT2D eigenvalue weighted by Crippen LogP contribution is 2.02. The smallest absolute Gasteiger partial charge is 0.102 e. The van der Waals surface area contributed by atoms with Crippen LogP contribution >= 0.6 is 0 Å². The van der Waals surface area contributed by atoms with Gasteiger partial charge < -0.3 is 5.11 Å². The Labute approximate surface area is 63.6 Å². The maximum absolute atomic E-state index is 8.86. The van der Waals surface area contributed by atoms with Gasteiger partial charge in [-0.25, -0.2) is 0 Å². The van der Waals surface area contributed by atoms with Crippen molar-refractivity contribution in [3.63, 3.8) is 0 Å². The highest BCUT2D eigenvalue weighted by Gasteiger charge is 2.00. The van der Waals surface area contributed by atoms with Crippen molar-refractivity contribution >= 4 is 0 Å². The first kappa shape index (κ1) is 9.92. The molecule has 0 saturated carbocycles. The average molecular weight is 145 g/mol. The summed E-state index contributed by atoms with van der Waals surface area (Å²) in [6.45, 7) is 7.04. The van der Waals surface area contributed by atoms with Crippen LogP contribution < -0.4 is 5.32 Å². The van der Waals surface area contributed by atoms with E-state index >= 15 is 0 Å². The largest absolute Gasteiger partial charge is 0.379 e. The number of aliphatic hydroxyl groups is 1. The number of rotatable bonds is 5. The molecule has 0 aliphatic carbocycles. The normalized spacial score (nSPS) is 16.8. The first-order chi connectivity index (χ1) is 4.66. The van der Waals surface area contributed by atoms with Crippen molar-refractivity contribution in [1.82, 2.24) is 5.32 Å². The topological polar surface area (TPSA) is 32.3 Å². The third-order valence-electron chi connectivity index (χ3n) is 1.54. The summed E-state index contributed by atoms with van der Waals surface area (Å²) in [5.74, 6) is 0.680. The molecule has 10 heavy (non-hydrogen) atoms. The summed E-state index contributed by atoms with van der Waals surface area (Å²) >= 11 is 0. The fraction of sp³-hybridized carbons (Fsp3) is 1.00. The Hall–Kier alpha value is -0.0800. The molecule has 2 atom stereocenters. The second-order valence-electron chi connectivity index (χ2n) is 2.98. The van der Waals surface area contributed by atoms with Gasteiger partial charge in [-0.2, -0.15) is 0 Å². The van der Waals surface area contributed by atoms with Crippen LogP contribution in [-0.2, 0) is 0 Å². The molecule has 0 aromatic rings. The standard InChI is InChI=1S/C8H19NO/c1-4-5-7(2)6-9-8(3)10/h7-10H,4-6H2,1-3H3/t7-,8?/m0/s1. The van der Waals surface area contributed by atoms with Crippen LogP contribution in [0.5, 0.6) is 0 Å². The van der Waals surface area contributed by atoms with E-state index in [1.165, 1.54) is 12.8 Å². The third kappa shape index (κ3) is 6.05. The van der Waals surface area contributed by atoms with Gasteiger partial charge in [-0.3, -0.25) is 5.32 Å². The fourth-order valence-electron chi connectivity index (χ4n) is 0.967. The van der Waals surface area contributed by atoms with Crippen molar-refractivity contribution in [1.29, 1.82) is 0 Å². The van der Waals surface area contributed by atoms with Gasteiger partial charge in [0.15, 0.2) is 0 Å². The summed E-state index contributed by atoms with van der Waals surface area (Å²) in [4.78, 5) is 0. The molecular weight excluding hydrogens is 126 g/mol. The second-order valence-corrected chi connectivity index (χ2v) is 2.98. The molecule has 1 unspecified atom stereocenters. The number of aliphatic hydroxyl groups excluding tert-OH is 1. The quantitative estimate of drug-likeness (QED) is 0.572. The lowest BCUT2D eigenvalue weighted by Gasteiger charge is -2.12. The number of nitrogens with one attached hydrogen (secondary N) is 1. The highest BCUT2D eigenvalue weighted by atomic mass is 16.3. The fourth-order valence-corrected chi connectivity index (χ4v) is 0.967. The van der Waals surface area contributed by atoms with Crippen molar-refractivity contribution in [3.05, 3.63) is 0 Å². The molecule has 0 fully saturated rings. The summed E-state index contributed by atoms with van der Waals surface area (Å²) < 4.78 is 0. The van der Waals surface area contributed by atoms with Crippen LogP contribution in [0.15, 0.2) is 0 Å². The third-order valence-corrected chi connectivity index (χ3v) is 1.54. The summed E-state index contributed by atoms with van der Waals surface area (Å²) in [5, 5.41) is 11.8. The van der Waals surface area contributed by atoms with Gasteiger partial charge in [-0.05, 0) is 19.3 Å². The summed E-state index contributed by atoms with van der Waals surface area (Å²) in [5.41, 5.74) is 0. The minimum atomic E-state index is -0.362. The predicted molar refractivity (Wildman–Crippen MR) is 43.8 cm³/mol. The predicted octanol–water partition coefficient (Wildman–Crippen LogP) is 1.35.